The Morgan fingerprint density at radius 3 is 3.08 bits per heavy atom. The van der Waals surface area contributed by atoms with Crippen LogP contribution < -0.4 is 0 Å². The second-order valence-electron chi connectivity index (χ2n) is 3.61. The van der Waals surface area contributed by atoms with E-state index < -0.39 is 5.97 Å². The molecule has 2 aliphatic heterocycles. The molecule has 66 valence electrons. The molecule has 1 N–H and O–H groups in total. The lowest BCUT2D eigenvalue weighted by atomic mass is 10.0. The van der Waals surface area contributed by atoms with Crippen LogP contribution in [0.4, 0.5) is 0 Å². The third-order valence-electron chi connectivity index (χ3n) is 3.06. The maximum Gasteiger partial charge on any atom is 0.332 e. The lowest BCUT2D eigenvalue weighted by Gasteiger charge is -2.29. The van der Waals surface area contributed by atoms with Crippen molar-refractivity contribution in [3.63, 3.8) is 0 Å². The topological polar surface area (TPSA) is 40.5 Å². The Hall–Kier alpha value is -0.830. The van der Waals surface area contributed by atoms with Gasteiger partial charge in [0.1, 0.15) is 0 Å². The number of carboxylic acids is 1. The van der Waals surface area contributed by atoms with Gasteiger partial charge in [0, 0.05) is 12.1 Å². The number of carbonyl (C=O) groups is 1. The van der Waals surface area contributed by atoms with Gasteiger partial charge in [-0.15, -0.1) is 0 Å². The third-order valence-corrected chi connectivity index (χ3v) is 3.06. The van der Waals surface area contributed by atoms with Crippen LogP contribution in [0.15, 0.2) is 11.6 Å². The number of aliphatic carboxylic acids is 1. The highest BCUT2D eigenvalue weighted by atomic mass is 16.4. The van der Waals surface area contributed by atoms with E-state index in [2.05, 4.69) is 4.90 Å². The number of hydrogen-bond donors (Lipinski definition) is 1. The van der Waals surface area contributed by atoms with E-state index in [0.717, 1.165) is 19.3 Å². The molecule has 0 spiro atoms. The first-order valence-electron chi connectivity index (χ1n) is 4.35. The quantitative estimate of drug-likeness (QED) is 0.629. The molecule has 2 rings (SSSR count). The number of likely N-dealkylation sites (N-methyl/N-ethyl adjacent to an activating group) is 1. The highest BCUT2D eigenvalue weighted by Gasteiger charge is 2.37. The van der Waals surface area contributed by atoms with Gasteiger partial charge in [0.05, 0.1) is 5.57 Å². The predicted octanol–water partition coefficient (Wildman–Crippen LogP) is 0.864. The van der Waals surface area contributed by atoms with Crippen molar-refractivity contribution in [1.82, 2.24) is 4.90 Å². The van der Waals surface area contributed by atoms with Crippen molar-refractivity contribution in [2.24, 2.45) is 0 Å². The minimum absolute atomic E-state index is 0.182. The molecule has 1 fully saturated rings. The van der Waals surface area contributed by atoms with Crippen molar-refractivity contribution in [1.29, 1.82) is 0 Å². The molecule has 0 aromatic heterocycles. The summed E-state index contributed by atoms with van der Waals surface area (Å²) in [6, 6.07) is 0.777. The van der Waals surface area contributed by atoms with Gasteiger partial charge in [-0.1, -0.05) is 6.08 Å². The summed E-state index contributed by atoms with van der Waals surface area (Å²) in [5, 5.41) is 8.88. The highest BCUT2D eigenvalue weighted by Crippen LogP contribution is 2.33. The van der Waals surface area contributed by atoms with Crippen molar-refractivity contribution < 1.29 is 9.90 Å². The van der Waals surface area contributed by atoms with Crippen LogP contribution in [0.2, 0.25) is 0 Å². The lowest BCUT2D eigenvalue weighted by molar-refractivity contribution is -0.133. The van der Waals surface area contributed by atoms with Gasteiger partial charge in [-0.25, -0.2) is 4.79 Å². The van der Waals surface area contributed by atoms with Crippen molar-refractivity contribution in [3.8, 4) is 0 Å². The normalized spacial score (nSPS) is 34.9. The van der Waals surface area contributed by atoms with E-state index >= 15 is 0 Å². The first kappa shape index (κ1) is 7.80. The Kier molecular flexibility index (Phi) is 1.68. The molecule has 0 amide bonds. The molecule has 2 atom stereocenters. The Morgan fingerprint density at radius 2 is 2.42 bits per heavy atom. The summed E-state index contributed by atoms with van der Waals surface area (Å²) >= 11 is 0. The molecule has 1 unspecified atom stereocenters. The van der Waals surface area contributed by atoms with Crippen LogP contribution in [0, 0.1) is 0 Å². The van der Waals surface area contributed by atoms with Crippen molar-refractivity contribution in [3.05, 3.63) is 11.6 Å². The Balaban J connectivity index is 2.27. The summed E-state index contributed by atoms with van der Waals surface area (Å²) in [5.41, 5.74) is 0.603. The van der Waals surface area contributed by atoms with Gasteiger partial charge >= 0.3 is 5.97 Å². The second-order valence-corrected chi connectivity index (χ2v) is 3.61. The summed E-state index contributed by atoms with van der Waals surface area (Å²) in [6.07, 6.45) is 4.97. The summed E-state index contributed by atoms with van der Waals surface area (Å²) in [5.74, 6) is -0.743. The van der Waals surface area contributed by atoms with Crippen molar-refractivity contribution in [2.45, 2.75) is 31.3 Å². The van der Waals surface area contributed by atoms with E-state index in [1.165, 1.54) is 0 Å². The van der Waals surface area contributed by atoms with Crippen LogP contribution in [0.5, 0.6) is 0 Å². The average molecular weight is 167 g/mol. The fraction of sp³-hybridized carbons (Fsp3) is 0.667. The monoisotopic (exact) mass is 167 g/mol. The zero-order valence-corrected chi connectivity index (χ0v) is 7.16. The fourth-order valence-electron chi connectivity index (χ4n) is 2.30. The van der Waals surface area contributed by atoms with E-state index in [-0.39, 0.29) is 6.04 Å². The Morgan fingerprint density at radius 1 is 1.67 bits per heavy atom. The maximum atomic E-state index is 10.8. The Labute approximate surface area is 71.7 Å². The van der Waals surface area contributed by atoms with Crippen LogP contribution in [-0.4, -0.2) is 35.1 Å². The smallest absolute Gasteiger partial charge is 0.332 e. The van der Waals surface area contributed by atoms with Crippen molar-refractivity contribution in [2.75, 3.05) is 7.05 Å². The van der Waals surface area contributed by atoms with Gasteiger partial charge in [0.15, 0.2) is 0 Å². The zero-order chi connectivity index (χ0) is 8.72. The van der Waals surface area contributed by atoms with Gasteiger partial charge in [-0.3, -0.25) is 4.90 Å². The first-order valence-corrected chi connectivity index (χ1v) is 4.35. The molecule has 12 heavy (non-hydrogen) atoms. The summed E-state index contributed by atoms with van der Waals surface area (Å²) in [7, 11) is 2.03. The van der Waals surface area contributed by atoms with Crippen LogP contribution >= 0.6 is 0 Å². The molecule has 0 radical (unpaired) electrons. The average Bonchev–Trinajstić information content (AvgIpc) is 2.32. The standard InChI is InChI=1S/C9H13NO2/c1-10-6-2-4-7(9(11)12)8(10)5-3-6/h4,6,8H,2-3,5H2,1H3,(H,11,12)/t6?,8-/m1/s1. The number of carboxylic acid groups (broad SMARTS) is 1. The van der Waals surface area contributed by atoms with Crippen LogP contribution in [0.25, 0.3) is 0 Å². The van der Waals surface area contributed by atoms with Gasteiger partial charge in [-0.2, -0.15) is 0 Å². The number of nitrogens with zero attached hydrogens (tertiary/aromatic N) is 1. The van der Waals surface area contributed by atoms with Gasteiger partial charge in [0.25, 0.3) is 0 Å². The van der Waals surface area contributed by atoms with E-state index in [1.54, 1.807) is 0 Å². The number of rotatable bonds is 1. The molecule has 0 aromatic carbocycles. The van der Waals surface area contributed by atoms with Crippen LogP contribution in [0.3, 0.4) is 0 Å². The molecule has 3 heteroatoms. The van der Waals surface area contributed by atoms with Crippen LogP contribution in [0.1, 0.15) is 19.3 Å². The number of fused-ring (bicyclic) bond motifs is 2. The largest absolute Gasteiger partial charge is 0.478 e. The molecule has 2 heterocycles. The zero-order valence-electron chi connectivity index (χ0n) is 7.16. The Bertz CT molecular complexity index is 247. The molecular weight excluding hydrogens is 154 g/mol. The maximum absolute atomic E-state index is 10.8. The van der Waals surface area contributed by atoms with Crippen molar-refractivity contribution >= 4 is 5.97 Å². The van der Waals surface area contributed by atoms with Gasteiger partial charge in [0.2, 0.25) is 0 Å². The van der Waals surface area contributed by atoms with Gasteiger partial charge < -0.3 is 5.11 Å². The summed E-state index contributed by atoms with van der Waals surface area (Å²) < 4.78 is 0. The molecule has 0 saturated carbocycles. The summed E-state index contributed by atoms with van der Waals surface area (Å²) in [4.78, 5) is 13.0. The van der Waals surface area contributed by atoms with E-state index in [4.69, 9.17) is 5.11 Å². The predicted molar refractivity (Wildman–Crippen MR) is 44.9 cm³/mol. The molecule has 0 aromatic rings. The van der Waals surface area contributed by atoms with Crippen LogP contribution in [-0.2, 0) is 4.79 Å². The number of hydrogen-bond acceptors (Lipinski definition) is 2. The molecule has 2 aliphatic rings. The molecule has 2 bridgehead atoms. The minimum atomic E-state index is -0.743. The fourth-order valence-corrected chi connectivity index (χ4v) is 2.30. The van der Waals surface area contributed by atoms with E-state index in [0.29, 0.717) is 11.6 Å². The third kappa shape index (κ3) is 0.966. The van der Waals surface area contributed by atoms with E-state index in [9.17, 15) is 4.79 Å². The molecule has 3 nitrogen and oxygen atoms in total. The first-order chi connectivity index (χ1) is 5.70. The SMILES string of the molecule is CN1C2CC=C(C(=O)O)[C@H]1CC2. The lowest BCUT2D eigenvalue weighted by Crippen LogP contribution is -2.38. The minimum Gasteiger partial charge on any atom is -0.478 e. The molecular formula is C9H13NO2. The molecule has 0 aliphatic carbocycles. The summed E-state index contributed by atoms with van der Waals surface area (Å²) in [6.45, 7) is 0. The molecule has 1 saturated heterocycles. The second kappa shape index (κ2) is 2.59. The van der Waals surface area contributed by atoms with E-state index in [1.807, 2.05) is 13.1 Å². The van der Waals surface area contributed by atoms with Gasteiger partial charge in [-0.05, 0) is 26.3 Å². The highest BCUT2D eigenvalue weighted by molar-refractivity contribution is 5.88.